The van der Waals surface area contributed by atoms with Crippen molar-refractivity contribution in [2.75, 3.05) is 19.0 Å². The number of ether oxygens (including phenoxy) is 1. The average Bonchev–Trinajstić information content (AvgIpc) is 2.89. The van der Waals surface area contributed by atoms with E-state index in [1.165, 1.54) is 23.8 Å². The Morgan fingerprint density at radius 2 is 1.64 bits per heavy atom. The molecule has 2 amide bonds. The summed E-state index contributed by atoms with van der Waals surface area (Å²) in [6, 6.07) is 12.8. The summed E-state index contributed by atoms with van der Waals surface area (Å²) in [5, 5.41) is 5.83. The number of para-hydroxylation sites is 1. The van der Waals surface area contributed by atoms with Crippen molar-refractivity contribution in [2.24, 2.45) is 0 Å². The molecule has 3 aromatic rings. The number of unbranched alkanes of at least 4 members (excludes halogenated alkanes) is 1. The summed E-state index contributed by atoms with van der Waals surface area (Å²) in [4.78, 5) is 62.4. The van der Waals surface area contributed by atoms with Crippen LogP contribution >= 0.6 is 0 Å². The molecule has 190 valence electrons. The third-order valence-electron chi connectivity index (χ3n) is 5.63. The van der Waals surface area contributed by atoms with Crippen LogP contribution in [0.5, 0.6) is 0 Å². The van der Waals surface area contributed by atoms with Gasteiger partial charge in [0.2, 0.25) is 11.8 Å². The summed E-state index contributed by atoms with van der Waals surface area (Å²) in [5.74, 6) is -1.02. The number of benzene rings is 2. The van der Waals surface area contributed by atoms with Crippen molar-refractivity contribution >= 4 is 34.4 Å². The Labute approximate surface area is 207 Å². The predicted molar refractivity (Wildman–Crippen MR) is 136 cm³/mol. The Hall–Kier alpha value is -4.21. The van der Waals surface area contributed by atoms with Crippen molar-refractivity contribution in [3.8, 4) is 0 Å². The molecule has 36 heavy (non-hydrogen) atoms. The van der Waals surface area contributed by atoms with Crippen molar-refractivity contribution in [1.29, 1.82) is 0 Å². The minimum absolute atomic E-state index is 0.0589. The number of nitrogens with one attached hydrogen (secondary N) is 2. The highest BCUT2D eigenvalue weighted by Crippen LogP contribution is 2.12. The molecule has 0 aliphatic heterocycles. The molecule has 2 N–H and O–H groups in total. The summed E-state index contributed by atoms with van der Waals surface area (Å²) in [5.41, 5.74) is 0.123. The van der Waals surface area contributed by atoms with Crippen LogP contribution < -0.4 is 21.9 Å². The van der Waals surface area contributed by atoms with E-state index < -0.39 is 23.1 Å². The molecule has 1 aromatic heterocycles. The zero-order valence-electron chi connectivity index (χ0n) is 20.4. The molecule has 0 saturated carbocycles. The number of esters is 1. The fourth-order valence-electron chi connectivity index (χ4n) is 3.78. The second kappa shape index (κ2) is 12.5. The first-order valence-electron chi connectivity index (χ1n) is 11.8. The van der Waals surface area contributed by atoms with E-state index in [1.807, 2.05) is 6.92 Å². The summed E-state index contributed by atoms with van der Waals surface area (Å²) >= 11 is 0. The Morgan fingerprint density at radius 1 is 0.917 bits per heavy atom. The van der Waals surface area contributed by atoms with Crippen LogP contribution in [0.1, 0.15) is 43.0 Å². The van der Waals surface area contributed by atoms with Crippen LogP contribution in [0.4, 0.5) is 5.69 Å². The molecule has 2 aromatic carbocycles. The molecule has 1 heterocycles. The smallest absolute Gasteiger partial charge is 0.337 e. The van der Waals surface area contributed by atoms with Gasteiger partial charge in [0.15, 0.2) is 0 Å². The number of hydrogen-bond acceptors (Lipinski definition) is 6. The number of fused-ring (bicyclic) bond motifs is 1. The standard InChI is InChI=1S/C26H30N4O6/c1-3-15-27-22(31)10-6-7-16-29-24(33)20-8-4-5-9-21(20)30(26(29)35)17-23(32)28-19-13-11-18(12-14-19)25(34)36-2/h4-5,8-9,11-14H,3,6-7,10,15-17H2,1-2H3,(H,27,31)(H,28,32). The van der Waals surface area contributed by atoms with Crippen LogP contribution in [0.2, 0.25) is 0 Å². The summed E-state index contributed by atoms with van der Waals surface area (Å²) < 4.78 is 7.04. The van der Waals surface area contributed by atoms with Crippen molar-refractivity contribution in [2.45, 2.75) is 45.7 Å². The van der Waals surface area contributed by atoms with Gasteiger partial charge in [0.05, 0.1) is 23.6 Å². The topological polar surface area (TPSA) is 128 Å². The SMILES string of the molecule is CCCNC(=O)CCCCn1c(=O)c2ccccc2n(CC(=O)Nc2ccc(C(=O)OC)cc2)c1=O. The van der Waals surface area contributed by atoms with E-state index in [1.54, 1.807) is 36.4 Å². The molecule has 10 nitrogen and oxygen atoms in total. The molecule has 0 bridgehead atoms. The lowest BCUT2D eigenvalue weighted by atomic mass is 10.2. The number of aromatic nitrogens is 2. The Kier molecular flexibility index (Phi) is 9.15. The first kappa shape index (κ1) is 26.4. The van der Waals surface area contributed by atoms with Crippen LogP contribution in [0.3, 0.4) is 0 Å². The number of hydrogen-bond donors (Lipinski definition) is 2. The normalized spacial score (nSPS) is 10.7. The fourth-order valence-corrected chi connectivity index (χ4v) is 3.78. The van der Waals surface area contributed by atoms with Crippen LogP contribution in [0.25, 0.3) is 10.9 Å². The van der Waals surface area contributed by atoms with Crippen molar-refractivity contribution in [1.82, 2.24) is 14.5 Å². The van der Waals surface area contributed by atoms with E-state index in [9.17, 15) is 24.0 Å². The third kappa shape index (κ3) is 6.47. The quantitative estimate of drug-likeness (QED) is 0.311. The zero-order valence-corrected chi connectivity index (χ0v) is 20.4. The predicted octanol–water partition coefficient (Wildman–Crippen LogP) is 2.28. The van der Waals surface area contributed by atoms with Gasteiger partial charge in [-0.1, -0.05) is 19.1 Å². The molecule has 0 spiro atoms. The molecule has 10 heteroatoms. The maximum absolute atomic E-state index is 13.2. The summed E-state index contributed by atoms with van der Waals surface area (Å²) in [7, 11) is 1.28. The third-order valence-corrected chi connectivity index (χ3v) is 5.63. The van der Waals surface area contributed by atoms with E-state index in [0.717, 1.165) is 11.0 Å². The zero-order chi connectivity index (χ0) is 26.1. The minimum Gasteiger partial charge on any atom is -0.465 e. The van der Waals surface area contributed by atoms with Gasteiger partial charge in [0.25, 0.3) is 5.56 Å². The van der Waals surface area contributed by atoms with Gasteiger partial charge in [0, 0.05) is 25.2 Å². The van der Waals surface area contributed by atoms with Gasteiger partial charge in [-0.2, -0.15) is 0 Å². The monoisotopic (exact) mass is 494 g/mol. The first-order valence-corrected chi connectivity index (χ1v) is 11.8. The number of carbonyl (C=O) groups is 3. The van der Waals surface area contributed by atoms with E-state index >= 15 is 0 Å². The van der Waals surface area contributed by atoms with Gasteiger partial charge >= 0.3 is 11.7 Å². The molecule has 3 rings (SSSR count). The molecular weight excluding hydrogens is 464 g/mol. The van der Waals surface area contributed by atoms with Crippen LogP contribution in [0, 0.1) is 0 Å². The highest BCUT2D eigenvalue weighted by molar-refractivity contribution is 5.93. The van der Waals surface area contributed by atoms with Gasteiger partial charge in [-0.3, -0.25) is 23.5 Å². The number of rotatable bonds is 11. The molecule has 0 radical (unpaired) electrons. The number of nitrogens with zero attached hydrogens (tertiary/aromatic N) is 2. The van der Waals surface area contributed by atoms with Gasteiger partial charge in [-0.15, -0.1) is 0 Å². The average molecular weight is 495 g/mol. The van der Waals surface area contributed by atoms with Gasteiger partial charge < -0.3 is 15.4 Å². The Morgan fingerprint density at radius 3 is 2.33 bits per heavy atom. The fraction of sp³-hybridized carbons (Fsp3) is 0.346. The van der Waals surface area contributed by atoms with E-state index in [4.69, 9.17) is 0 Å². The second-order valence-electron chi connectivity index (χ2n) is 8.27. The maximum Gasteiger partial charge on any atom is 0.337 e. The molecule has 0 atom stereocenters. The summed E-state index contributed by atoms with van der Waals surface area (Å²) in [6.07, 6.45) is 2.15. The van der Waals surface area contributed by atoms with Crippen molar-refractivity contribution in [3.05, 3.63) is 74.9 Å². The molecular formula is C26H30N4O6. The second-order valence-corrected chi connectivity index (χ2v) is 8.27. The number of amides is 2. The molecule has 0 aliphatic carbocycles. The van der Waals surface area contributed by atoms with E-state index in [0.29, 0.717) is 48.0 Å². The Balaban J connectivity index is 1.78. The van der Waals surface area contributed by atoms with Gasteiger partial charge in [-0.05, 0) is 55.7 Å². The number of methoxy groups -OCH3 is 1. The molecule has 0 fully saturated rings. The van der Waals surface area contributed by atoms with Gasteiger partial charge in [-0.25, -0.2) is 9.59 Å². The molecule has 0 saturated heterocycles. The van der Waals surface area contributed by atoms with Crippen LogP contribution in [0.15, 0.2) is 58.1 Å². The lowest BCUT2D eigenvalue weighted by Crippen LogP contribution is -2.41. The van der Waals surface area contributed by atoms with Crippen LogP contribution in [-0.4, -0.2) is 40.6 Å². The van der Waals surface area contributed by atoms with E-state index in [-0.39, 0.29) is 19.0 Å². The summed E-state index contributed by atoms with van der Waals surface area (Å²) in [6.45, 7) is 2.42. The largest absolute Gasteiger partial charge is 0.465 e. The Bertz CT molecular complexity index is 1360. The number of anilines is 1. The highest BCUT2D eigenvalue weighted by Gasteiger charge is 2.16. The van der Waals surface area contributed by atoms with Crippen LogP contribution in [-0.2, 0) is 27.4 Å². The lowest BCUT2D eigenvalue weighted by molar-refractivity contribution is -0.121. The number of carbonyl (C=O) groups excluding carboxylic acids is 3. The van der Waals surface area contributed by atoms with Crippen molar-refractivity contribution in [3.63, 3.8) is 0 Å². The first-order chi connectivity index (χ1) is 17.3. The minimum atomic E-state index is -0.592. The molecule has 0 unspecified atom stereocenters. The highest BCUT2D eigenvalue weighted by atomic mass is 16.5. The molecule has 0 aliphatic rings. The van der Waals surface area contributed by atoms with Crippen molar-refractivity contribution < 1.29 is 19.1 Å². The van der Waals surface area contributed by atoms with Gasteiger partial charge in [0.1, 0.15) is 6.54 Å². The lowest BCUT2D eigenvalue weighted by Gasteiger charge is -2.14. The van der Waals surface area contributed by atoms with E-state index in [2.05, 4.69) is 15.4 Å². The maximum atomic E-state index is 13.2.